The monoisotopic (exact) mass is 356 g/mol. The molecule has 2 aliphatic rings. The van der Waals surface area contributed by atoms with Crippen LogP contribution < -0.4 is 4.74 Å². The quantitative estimate of drug-likeness (QED) is 0.305. The summed E-state index contributed by atoms with van der Waals surface area (Å²) in [6, 6.07) is 9.50. The summed E-state index contributed by atoms with van der Waals surface area (Å²) in [5, 5.41) is 0. The number of hydrogen-bond acceptors (Lipinski definition) is 2. The Balaban J connectivity index is 1.37. The molecule has 0 N–H and O–H groups in total. The Hall–Kier alpha value is -1.31. The topological polar surface area (TPSA) is 26.3 Å². The number of carbonyl (C=O) groups excluding carboxylic acids is 1. The molecule has 0 aromatic heterocycles. The van der Waals surface area contributed by atoms with Crippen molar-refractivity contribution >= 4 is 5.97 Å². The van der Waals surface area contributed by atoms with Crippen LogP contribution in [0.15, 0.2) is 30.3 Å². The van der Waals surface area contributed by atoms with Crippen molar-refractivity contribution in [1.82, 2.24) is 0 Å². The largest absolute Gasteiger partial charge is 0.426 e. The van der Waals surface area contributed by atoms with E-state index < -0.39 is 0 Å². The first-order chi connectivity index (χ1) is 12.8. The minimum atomic E-state index is -0.0192. The SMILES string of the molecule is CCCCCC1CCC(C2CCC(C(=O)Oc3ccccc3)CC2)CC1. The van der Waals surface area contributed by atoms with Gasteiger partial charge in [-0.1, -0.05) is 63.6 Å². The van der Waals surface area contributed by atoms with Gasteiger partial charge >= 0.3 is 5.97 Å². The van der Waals surface area contributed by atoms with E-state index in [0.29, 0.717) is 5.75 Å². The minimum Gasteiger partial charge on any atom is -0.426 e. The number of esters is 1. The molecule has 1 aromatic rings. The summed E-state index contributed by atoms with van der Waals surface area (Å²) in [4.78, 5) is 12.4. The first-order valence-electron chi connectivity index (χ1n) is 11.0. The van der Waals surface area contributed by atoms with E-state index in [1.54, 1.807) is 0 Å². The summed E-state index contributed by atoms with van der Waals surface area (Å²) in [7, 11) is 0. The molecule has 0 radical (unpaired) electrons. The van der Waals surface area contributed by atoms with E-state index in [9.17, 15) is 4.79 Å². The number of unbranched alkanes of at least 4 members (excludes halogenated alkanes) is 2. The molecule has 2 fully saturated rings. The van der Waals surface area contributed by atoms with Crippen LogP contribution in [0.25, 0.3) is 0 Å². The molecule has 0 saturated heterocycles. The average Bonchev–Trinajstić information content (AvgIpc) is 2.70. The predicted molar refractivity (Wildman–Crippen MR) is 107 cm³/mol. The van der Waals surface area contributed by atoms with Gasteiger partial charge in [-0.25, -0.2) is 0 Å². The van der Waals surface area contributed by atoms with Gasteiger partial charge < -0.3 is 4.74 Å². The molecule has 0 heterocycles. The first-order valence-corrected chi connectivity index (χ1v) is 11.0. The van der Waals surface area contributed by atoms with E-state index >= 15 is 0 Å². The maximum Gasteiger partial charge on any atom is 0.314 e. The van der Waals surface area contributed by atoms with Crippen molar-refractivity contribution in [3.8, 4) is 5.75 Å². The highest BCUT2D eigenvalue weighted by Crippen LogP contribution is 2.42. The summed E-state index contributed by atoms with van der Waals surface area (Å²) in [5.74, 6) is 3.54. The number of hydrogen-bond donors (Lipinski definition) is 0. The third kappa shape index (κ3) is 5.59. The van der Waals surface area contributed by atoms with Gasteiger partial charge in [0.25, 0.3) is 0 Å². The van der Waals surface area contributed by atoms with Crippen molar-refractivity contribution in [2.24, 2.45) is 23.7 Å². The summed E-state index contributed by atoms with van der Waals surface area (Å²) >= 11 is 0. The third-order valence-corrected chi connectivity index (χ3v) is 6.84. The highest BCUT2D eigenvalue weighted by Gasteiger charge is 2.33. The lowest BCUT2D eigenvalue weighted by Crippen LogP contribution is -2.30. The Kier molecular flexibility index (Phi) is 7.58. The van der Waals surface area contributed by atoms with Gasteiger partial charge in [0.15, 0.2) is 0 Å². The van der Waals surface area contributed by atoms with E-state index in [1.807, 2.05) is 30.3 Å². The lowest BCUT2D eigenvalue weighted by atomic mass is 9.68. The molecule has 0 bridgehead atoms. The van der Waals surface area contributed by atoms with Gasteiger partial charge in [0, 0.05) is 0 Å². The molecular formula is C24H36O2. The molecule has 0 amide bonds. The van der Waals surface area contributed by atoms with Crippen LogP contribution in [0.5, 0.6) is 5.75 Å². The maximum absolute atomic E-state index is 12.4. The third-order valence-electron chi connectivity index (χ3n) is 6.84. The summed E-state index contributed by atoms with van der Waals surface area (Å²) in [5.41, 5.74) is 0. The van der Waals surface area contributed by atoms with E-state index in [4.69, 9.17) is 4.74 Å². The molecule has 144 valence electrons. The van der Waals surface area contributed by atoms with Gasteiger partial charge in [0.2, 0.25) is 0 Å². The molecule has 2 aliphatic carbocycles. The lowest BCUT2D eigenvalue weighted by Gasteiger charge is -2.37. The highest BCUT2D eigenvalue weighted by molar-refractivity contribution is 5.75. The van der Waals surface area contributed by atoms with Crippen molar-refractivity contribution < 1.29 is 9.53 Å². The van der Waals surface area contributed by atoms with Gasteiger partial charge in [-0.15, -0.1) is 0 Å². The van der Waals surface area contributed by atoms with Crippen LogP contribution in [0.4, 0.5) is 0 Å². The smallest absolute Gasteiger partial charge is 0.314 e. The van der Waals surface area contributed by atoms with Gasteiger partial charge in [0.1, 0.15) is 5.75 Å². The van der Waals surface area contributed by atoms with E-state index in [2.05, 4.69) is 6.92 Å². The molecular weight excluding hydrogens is 320 g/mol. The van der Waals surface area contributed by atoms with Crippen molar-refractivity contribution in [2.75, 3.05) is 0 Å². The van der Waals surface area contributed by atoms with E-state index in [-0.39, 0.29) is 11.9 Å². The summed E-state index contributed by atoms with van der Waals surface area (Å²) < 4.78 is 5.56. The molecule has 0 unspecified atom stereocenters. The van der Waals surface area contributed by atoms with Crippen LogP contribution in [0.3, 0.4) is 0 Å². The van der Waals surface area contributed by atoms with E-state index in [1.165, 1.54) is 64.2 Å². The molecule has 1 aromatic carbocycles. The Morgan fingerprint density at radius 2 is 1.50 bits per heavy atom. The van der Waals surface area contributed by atoms with Crippen LogP contribution in [-0.2, 0) is 4.79 Å². The first kappa shape index (κ1) is 19.5. The van der Waals surface area contributed by atoms with Crippen molar-refractivity contribution in [3.63, 3.8) is 0 Å². The molecule has 26 heavy (non-hydrogen) atoms. The average molecular weight is 357 g/mol. The van der Waals surface area contributed by atoms with E-state index in [0.717, 1.165) is 30.6 Å². The molecule has 3 rings (SSSR count). The van der Waals surface area contributed by atoms with Crippen molar-refractivity contribution in [2.45, 2.75) is 84.0 Å². The number of para-hydroxylation sites is 1. The lowest BCUT2D eigenvalue weighted by molar-refractivity contribution is -0.140. The Morgan fingerprint density at radius 1 is 0.885 bits per heavy atom. The van der Waals surface area contributed by atoms with Gasteiger partial charge in [-0.05, 0) is 68.4 Å². The van der Waals surface area contributed by atoms with Crippen LogP contribution in [0, 0.1) is 23.7 Å². The van der Waals surface area contributed by atoms with Gasteiger partial charge in [-0.3, -0.25) is 4.79 Å². The number of benzene rings is 1. The van der Waals surface area contributed by atoms with Crippen molar-refractivity contribution in [3.05, 3.63) is 30.3 Å². The molecule has 2 heteroatoms. The Bertz CT molecular complexity index is 522. The molecule has 2 saturated carbocycles. The normalized spacial score (nSPS) is 29.3. The summed E-state index contributed by atoms with van der Waals surface area (Å²) in [6.07, 6.45) is 15.9. The maximum atomic E-state index is 12.4. The molecule has 2 nitrogen and oxygen atoms in total. The second kappa shape index (κ2) is 10.1. The fourth-order valence-electron chi connectivity index (χ4n) is 5.15. The fraction of sp³-hybridized carbons (Fsp3) is 0.708. The molecule has 0 atom stereocenters. The summed E-state index contributed by atoms with van der Waals surface area (Å²) in [6.45, 7) is 2.29. The second-order valence-corrected chi connectivity index (χ2v) is 8.62. The molecule has 0 spiro atoms. The zero-order valence-electron chi connectivity index (χ0n) is 16.5. The van der Waals surface area contributed by atoms with Gasteiger partial charge in [0.05, 0.1) is 5.92 Å². The van der Waals surface area contributed by atoms with Crippen molar-refractivity contribution in [1.29, 1.82) is 0 Å². The van der Waals surface area contributed by atoms with Crippen LogP contribution in [0.2, 0.25) is 0 Å². The standard InChI is InChI=1S/C24H36O2/c1-2-3-5-8-19-11-13-20(14-12-19)21-15-17-22(18-16-21)24(25)26-23-9-6-4-7-10-23/h4,6-7,9-10,19-22H,2-3,5,8,11-18H2,1H3. The van der Waals surface area contributed by atoms with Crippen LogP contribution in [-0.4, -0.2) is 5.97 Å². The minimum absolute atomic E-state index is 0.0192. The second-order valence-electron chi connectivity index (χ2n) is 8.62. The number of rotatable bonds is 7. The zero-order valence-corrected chi connectivity index (χ0v) is 16.5. The fourth-order valence-corrected chi connectivity index (χ4v) is 5.15. The predicted octanol–water partition coefficient (Wildman–Crippen LogP) is 6.79. The zero-order chi connectivity index (χ0) is 18.2. The molecule has 0 aliphatic heterocycles. The Morgan fingerprint density at radius 3 is 2.12 bits per heavy atom. The van der Waals surface area contributed by atoms with Crippen LogP contribution >= 0.6 is 0 Å². The van der Waals surface area contributed by atoms with Gasteiger partial charge in [-0.2, -0.15) is 0 Å². The number of ether oxygens (including phenoxy) is 1. The number of carbonyl (C=O) groups is 1. The van der Waals surface area contributed by atoms with Crippen LogP contribution in [0.1, 0.15) is 84.0 Å². The Labute approximate surface area is 159 Å². The highest BCUT2D eigenvalue weighted by atomic mass is 16.5.